The van der Waals surface area contributed by atoms with Crippen molar-refractivity contribution in [1.29, 1.82) is 0 Å². The molecule has 0 saturated carbocycles. The molecule has 1 aromatic carbocycles. The van der Waals surface area contributed by atoms with Crippen LogP contribution in [-0.4, -0.2) is 12.1 Å². The van der Waals surface area contributed by atoms with Crippen molar-refractivity contribution in [2.24, 2.45) is 0 Å². The molecule has 0 aliphatic heterocycles. The number of hydrogen-bond acceptors (Lipinski definition) is 1. The Bertz CT molecular complexity index is 422. The molecule has 0 bridgehead atoms. The SMILES string of the molecule is COc1ccc2[nH]cc(CCl)c2c1. The van der Waals surface area contributed by atoms with Crippen LogP contribution in [0.1, 0.15) is 5.56 Å². The number of aromatic nitrogens is 1. The lowest BCUT2D eigenvalue weighted by molar-refractivity contribution is 0.415. The summed E-state index contributed by atoms with van der Waals surface area (Å²) in [5, 5.41) is 1.13. The van der Waals surface area contributed by atoms with Crippen molar-refractivity contribution in [2.45, 2.75) is 5.88 Å². The van der Waals surface area contributed by atoms with Crippen LogP contribution in [0.4, 0.5) is 0 Å². The molecule has 0 fully saturated rings. The van der Waals surface area contributed by atoms with Crippen LogP contribution in [-0.2, 0) is 5.88 Å². The number of halogens is 1. The molecule has 0 aliphatic rings. The lowest BCUT2D eigenvalue weighted by Gasteiger charge is -1.99. The first-order chi connectivity index (χ1) is 6.35. The smallest absolute Gasteiger partial charge is 0.119 e. The summed E-state index contributed by atoms with van der Waals surface area (Å²) >= 11 is 5.78. The highest BCUT2D eigenvalue weighted by Gasteiger charge is 2.02. The Balaban J connectivity index is 2.64. The topological polar surface area (TPSA) is 25.0 Å². The predicted molar refractivity (Wildman–Crippen MR) is 54.4 cm³/mol. The van der Waals surface area contributed by atoms with E-state index in [-0.39, 0.29) is 0 Å². The van der Waals surface area contributed by atoms with Gasteiger partial charge in [0, 0.05) is 23.0 Å². The van der Waals surface area contributed by atoms with E-state index in [1.54, 1.807) is 7.11 Å². The highest BCUT2D eigenvalue weighted by atomic mass is 35.5. The molecule has 1 aromatic heterocycles. The van der Waals surface area contributed by atoms with E-state index >= 15 is 0 Å². The first-order valence-electron chi connectivity index (χ1n) is 4.05. The Morgan fingerprint density at radius 1 is 1.46 bits per heavy atom. The molecule has 0 spiro atoms. The van der Waals surface area contributed by atoms with E-state index in [9.17, 15) is 0 Å². The van der Waals surface area contributed by atoms with Crippen LogP contribution in [0, 0.1) is 0 Å². The van der Waals surface area contributed by atoms with Crippen molar-refractivity contribution in [3.05, 3.63) is 30.0 Å². The van der Waals surface area contributed by atoms with Crippen LogP contribution in [0.5, 0.6) is 5.75 Å². The summed E-state index contributed by atoms with van der Waals surface area (Å²) in [4.78, 5) is 3.15. The molecular weight excluding hydrogens is 186 g/mol. The van der Waals surface area contributed by atoms with Gasteiger partial charge in [-0.3, -0.25) is 0 Å². The van der Waals surface area contributed by atoms with Crippen molar-refractivity contribution in [3.8, 4) is 5.75 Å². The van der Waals surface area contributed by atoms with E-state index in [0.717, 1.165) is 22.2 Å². The van der Waals surface area contributed by atoms with Gasteiger partial charge in [-0.2, -0.15) is 0 Å². The second-order valence-corrected chi connectivity index (χ2v) is 3.13. The van der Waals surface area contributed by atoms with E-state index in [1.165, 1.54) is 0 Å². The minimum atomic E-state index is 0.521. The molecule has 0 saturated heterocycles. The molecule has 3 heteroatoms. The van der Waals surface area contributed by atoms with Gasteiger partial charge in [-0.25, -0.2) is 0 Å². The highest BCUT2D eigenvalue weighted by molar-refractivity contribution is 6.18. The fourth-order valence-electron chi connectivity index (χ4n) is 1.40. The third kappa shape index (κ3) is 1.38. The summed E-state index contributed by atoms with van der Waals surface area (Å²) in [6.45, 7) is 0. The number of alkyl halides is 1. The first kappa shape index (κ1) is 8.45. The van der Waals surface area contributed by atoms with Gasteiger partial charge in [-0.1, -0.05) is 0 Å². The molecule has 2 rings (SSSR count). The zero-order valence-corrected chi connectivity index (χ0v) is 8.06. The van der Waals surface area contributed by atoms with E-state index < -0.39 is 0 Å². The van der Waals surface area contributed by atoms with Gasteiger partial charge in [0.15, 0.2) is 0 Å². The predicted octanol–water partition coefficient (Wildman–Crippen LogP) is 2.92. The number of ether oxygens (including phenoxy) is 1. The third-order valence-electron chi connectivity index (χ3n) is 2.12. The first-order valence-corrected chi connectivity index (χ1v) is 4.58. The van der Waals surface area contributed by atoms with Gasteiger partial charge in [-0.15, -0.1) is 11.6 Å². The second-order valence-electron chi connectivity index (χ2n) is 2.86. The molecule has 0 aliphatic carbocycles. The molecule has 2 aromatic rings. The zero-order valence-electron chi connectivity index (χ0n) is 7.30. The molecule has 13 heavy (non-hydrogen) atoms. The number of H-pyrrole nitrogens is 1. The molecule has 0 unspecified atom stereocenters. The maximum Gasteiger partial charge on any atom is 0.119 e. The highest BCUT2D eigenvalue weighted by Crippen LogP contribution is 2.24. The quantitative estimate of drug-likeness (QED) is 0.733. The van der Waals surface area contributed by atoms with Crippen LogP contribution in [0.25, 0.3) is 10.9 Å². The number of nitrogens with one attached hydrogen (secondary N) is 1. The molecule has 1 N–H and O–H groups in total. The van der Waals surface area contributed by atoms with E-state index in [0.29, 0.717) is 5.88 Å². The summed E-state index contributed by atoms with van der Waals surface area (Å²) in [7, 11) is 1.66. The summed E-state index contributed by atoms with van der Waals surface area (Å²) in [5.74, 6) is 1.38. The number of methoxy groups -OCH3 is 1. The fraction of sp³-hybridized carbons (Fsp3) is 0.200. The maximum atomic E-state index is 5.78. The average molecular weight is 196 g/mol. The molecule has 68 valence electrons. The molecule has 2 nitrogen and oxygen atoms in total. The van der Waals surface area contributed by atoms with Gasteiger partial charge in [0.05, 0.1) is 7.11 Å². The average Bonchev–Trinajstić information content (AvgIpc) is 2.59. The van der Waals surface area contributed by atoms with Crippen LogP contribution >= 0.6 is 11.6 Å². The largest absolute Gasteiger partial charge is 0.497 e. The number of aromatic amines is 1. The van der Waals surface area contributed by atoms with Gasteiger partial charge in [0.2, 0.25) is 0 Å². The van der Waals surface area contributed by atoms with Crippen molar-refractivity contribution in [3.63, 3.8) is 0 Å². The van der Waals surface area contributed by atoms with Gasteiger partial charge in [0.1, 0.15) is 5.75 Å². The lowest BCUT2D eigenvalue weighted by atomic mass is 10.2. The van der Waals surface area contributed by atoms with E-state index in [4.69, 9.17) is 16.3 Å². The van der Waals surface area contributed by atoms with Gasteiger partial charge in [-0.05, 0) is 23.8 Å². The number of hydrogen-bond donors (Lipinski definition) is 1. The minimum absolute atomic E-state index is 0.521. The van der Waals surface area contributed by atoms with Crippen LogP contribution in [0.3, 0.4) is 0 Å². The summed E-state index contributed by atoms with van der Waals surface area (Å²) in [6.07, 6.45) is 1.93. The Hall–Kier alpha value is -1.15. The van der Waals surface area contributed by atoms with Crippen molar-refractivity contribution in [1.82, 2.24) is 4.98 Å². The maximum absolute atomic E-state index is 5.78. The molecule has 0 atom stereocenters. The Labute approximate surface area is 81.5 Å². The van der Waals surface area contributed by atoms with Crippen molar-refractivity contribution < 1.29 is 4.74 Å². The minimum Gasteiger partial charge on any atom is -0.497 e. The molecule has 1 heterocycles. The zero-order chi connectivity index (χ0) is 9.26. The van der Waals surface area contributed by atoms with Gasteiger partial charge >= 0.3 is 0 Å². The second kappa shape index (κ2) is 3.30. The van der Waals surface area contributed by atoms with Gasteiger partial charge < -0.3 is 9.72 Å². The van der Waals surface area contributed by atoms with Crippen LogP contribution < -0.4 is 4.74 Å². The monoisotopic (exact) mass is 195 g/mol. The van der Waals surface area contributed by atoms with Crippen LogP contribution in [0.15, 0.2) is 24.4 Å². The standard InChI is InChI=1S/C10H10ClNO/c1-13-8-2-3-10-9(4-8)7(5-11)6-12-10/h2-4,6,12H,5H2,1H3. The Morgan fingerprint density at radius 2 is 2.31 bits per heavy atom. The van der Waals surface area contributed by atoms with Gasteiger partial charge in [0.25, 0.3) is 0 Å². The number of rotatable bonds is 2. The normalized spacial score (nSPS) is 10.6. The fourth-order valence-corrected chi connectivity index (χ4v) is 1.62. The summed E-state index contributed by atoms with van der Waals surface area (Å²) in [5.41, 5.74) is 2.20. The molecule has 0 amide bonds. The Morgan fingerprint density at radius 3 is 3.00 bits per heavy atom. The molecule has 0 radical (unpaired) electrons. The third-order valence-corrected chi connectivity index (χ3v) is 2.41. The van der Waals surface area contributed by atoms with Crippen molar-refractivity contribution >= 4 is 22.5 Å². The van der Waals surface area contributed by atoms with Crippen LogP contribution in [0.2, 0.25) is 0 Å². The number of benzene rings is 1. The summed E-state index contributed by atoms with van der Waals surface area (Å²) < 4.78 is 5.13. The lowest BCUT2D eigenvalue weighted by Crippen LogP contribution is -1.81. The van der Waals surface area contributed by atoms with E-state index in [1.807, 2.05) is 24.4 Å². The van der Waals surface area contributed by atoms with Crippen molar-refractivity contribution in [2.75, 3.05) is 7.11 Å². The van der Waals surface area contributed by atoms with E-state index in [2.05, 4.69) is 4.98 Å². The number of fused-ring (bicyclic) bond motifs is 1. The molecular formula is C10H10ClNO. The Kier molecular flexibility index (Phi) is 2.15. The summed E-state index contributed by atoms with van der Waals surface area (Å²) in [6, 6.07) is 5.91.